The normalized spacial score (nSPS) is 21.6. The number of hydrogen-bond donors (Lipinski definition) is 1. The van der Waals surface area contributed by atoms with Crippen molar-refractivity contribution in [3.63, 3.8) is 0 Å². The smallest absolute Gasteiger partial charge is 0.328 e. The second-order valence-corrected chi connectivity index (χ2v) is 7.52. The van der Waals surface area contributed by atoms with Crippen LogP contribution < -0.4 is 5.32 Å². The first-order chi connectivity index (χ1) is 11.9. The summed E-state index contributed by atoms with van der Waals surface area (Å²) >= 11 is 5.95. The average molecular weight is 366 g/mol. The van der Waals surface area contributed by atoms with Gasteiger partial charge in [0.15, 0.2) is 0 Å². The van der Waals surface area contributed by atoms with E-state index in [1.54, 1.807) is 6.92 Å². The summed E-state index contributed by atoms with van der Waals surface area (Å²) in [5, 5.41) is 3.65. The molecule has 1 aliphatic carbocycles. The maximum Gasteiger partial charge on any atom is 0.328 e. The summed E-state index contributed by atoms with van der Waals surface area (Å²) < 4.78 is 5.07. The van der Waals surface area contributed by atoms with Crippen LogP contribution >= 0.6 is 11.6 Å². The van der Waals surface area contributed by atoms with E-state index in [4.69, 9.17) is 16.3 Å². The number of esters is 1. The lowest BCUT2D eigenvalue weighted by molar-refractivity contribution is -0.149. The van der Waals surface area contributed by atoms with Crippen molar-refractivity contribution in [2.24, 2.45) is 11.8 Å². The third kappa shape index (κ3) is 5.46. The summed E-state index contributed by atoms with van der Waals surface area (Å²) in [6, 6.07) is 7.41. The molecular formula is C20H28ClNO3. The standard InChI is InChI=1S/C20H28ClNO3/c1-4-25-20(24)18(13(2)3)22-19(23)16-7-5-14(6-8-16)15-9-11-17(21)12-10-15/h9-14,16,18H,4-8H2,1-3H3,(H,22,23)/t14?,16?,18-/m1/s1. The molecule has 1 aromatic carbocycles. The van der Waals surface area contributed by atoms with Crippen LogP contribution in [0.25, 0.3) is 0 Å². The minimum absolute atomic E-state index is 0.00778. The van der Waals surface area contributed by atoms with E-state index >= 15 is 0 Å². The van der Waals surface area contributed by atoms with Crippen molar-refractivity contribution in [2.75, 3.05) is 6.61 Å². The molecule has 5 heteroatoms. The zero-order valence-corrected chi connectivity index (χ0v) is 16.0. The molecule has 4 nitrogen and oxygen atoms in total. The van der Waals surface area contributed by atoms with E-state index in [1.165, 1.54) is 5.56 Å². The average Bonchev–Trinajstić information content (AvgIpc) is 2.60. The fourth-order valence-corrected chi connectivity index (χ4v) is 3.55. The minimum atomic E-state index is -0.568. The molecule has 1 amide bonds. The number of nitrogens with one attached hydrogen (secondary N) is 1. The van der Waals surface area contributed by atoms with Crippen molar-refractivity contribution >= 4 is 23.5 Å². The molecule has 0 saturated heterocycles. The Morgan fingerprint density at radius 2 is 1.76 bits per heavy atom. The zero-order chi connectivity index (χ0) is 18.4. The van der Waals surface area contributed by atoms with Crippen LogP contribution in [0, 0.1) is 11.8 Å². The molecule has 1 saturated carbocycles. The summed E-state index contributed by atoms with van der Waals surface area (Å²) in [6.07, 6.45) is 3.64. The minimum Gasteiger partial charge on any atom is -0.464 e. The third-order valence-corrected chi connectivity index (χ3v) is 5.20. The van der Waals surface area contributed by atoms with Gasteiger partial charge in [0.25, 0.3) is 0 Å². The molecule has 1 aliphatic rings. The van der Waals surface area contributed by atoms with E-state index in [0.29, 0.717) is 12.5 Å². The Balaban J connectivity index is 1.89. The Labute approximate surface area is 155 Å². The van der Waals surface area contributed by atoms with Crippen LogP contribution in [0.2, 0.25) is 5.02 Å². The number of halogens is 1. The molecule has 0 spiro atoms. The summed E-state index contributed by atoms with van der Waals surface area (Å²) in [7, 11) is 0. The Morgan fingerprint density at radius 1 is 1.16 bits per heavy atom. The largest absolute Gasteiger partial charge is 0.464 e. The van der Waals surface area contributed by atoms with Crippen molar-refractivity contribution < 1.29 is 14.3 Å². The van der Waals surface area contributed by atoms with Crippen molar-refractivity contribution in [2.45, 2.75) is 58.4 Å². The first-order valence-electron chi connectivity index (χ1n) is 9.14. The van der Waals surface area contributed by atoms with Gasteiger partial charge in [0.05, 0.1) is 6.61 Å². The molecule has 1 atom stereocenters. The molecular weight excluding hydrogens is 338 g/mol. The molecule has 138 valence electrons. The first kappa shape index (κ1) is 19.8. The summed E-state index contributed by atoms with van der Waals surface area (Å²) in [4.78, 5) is 24.6. The summed E-state index contributed by atoms with van der Waals surface area (Å²) in [6.45, 7) is 5.93. The lowest BCUT2D eigenvalue weighted by Crippen LogP contribution is -2.47. The zero-order valence-electron chi connectivity index (χ0n) is 15.3. The van der Waals surface area contributed by atoms with E-state index in [1.807, 2.05) is 26.0 Å². The maximum atomic E-state index is 12.6. The highest BCUT2D eigenvalue weighted by Crippen LogP contribution is 2.36. The van der Waals surface area contributed by atoms with E-state index in [2.05, 4.69) is 17.4 Å². The second-order valence-electron chi connectivity index (χ2n) is 7.08. The molecule has 1 aromatic rings. The lowest BCUT2D eigenvalue weighted by atomic mass is 9.78. The second kappa shape index (κ2) is 9.23. The molecule has 25 heavy (non-hydrogen) atoms. The highest BCUT2D eigenvalue weighted by molar-refractivity contribution is 6.30. The number of carbonyl (C=O) groups is 2. The molecule has 1 N–H and O–H groups in total. The number of hydrogen-bond acceptors (Lipinski definition) is 3. The third-order valence-electron chi connectivity index (χ3n) is 4.94. The van der Waals surface area contributed by atoms with Crippen LogP contribution in [0.5, 0.6) is 0 Å². The van der Waals surface area contributed by atoms with Gasteiger partial charge in [-0.3, -0.25) is 4.79 Å². The van der Waals surface area contributed by atoms with Crippen LogP contribution in [0.4, 0.5) is 0 Å². The first-order valence-corrected chi connectivity index (χ1v) is 9.52. The Morgan fingerprint density at radius 3 is 2.28 bits per heavy atom. The van der Waals surface area contributed by atoms with Crippen molar-refractivity contribution in [1.29, 1.82) is 0 Å². The topological polar surface area (TPSA) is 55.4 Å². The van der Waals surface area contributed by atoms with Crippen LogP contribution in [-0.2, 0) is 14.3 Å². The fourth-order valence-electron chi connectivity index (χ4n) is 3.42. The number of amides is 1. The van der Waals surface area contributed by atoms with E-state index in [-0.39, 0.29) is 23.7 Å². The van der Waals surface area contributed by atoms with Gasteiger partial charge >= 0.3 is 5.97 Å². The Kier molecular flexibility index (Phi) is 7.30. The van der Waals surface area contributed by atoms with Crippen LogP contribution in [0.3, 0.4) is 0 Å². The molecule has 0 unspecified atom stereocenters. The maximum absolute atomic E-state index is 12.6. The van der Waals surface area contributed by atoms with Gasteiger partial charge in [-0.05, 0) is 62.1 Å². The number of benzene rings is 1. The molecule has 0 bridgehead atoms. The van der Waals surface area contributed by atoms with Gasteiger partial charge in [-0.15, -0.1) is 0 Å². The molecule has 1 fully saturated rings. The number of ether oxygens (including phenoxy) is 1. The van der Waals surface area contributed by atoms with E-state index in [9.17, 15) is 9.59 Å². The van der Waals surface area contributed by atoms with Gasteiger partial charge in [0, 0.05) is 10.9 Å². The number of rotatable bonds is 6. The van der Waals surface area contributed by atoms with Gasteiger partial charge in [-0.2, -0.15) is 0 Å². The van der Waals surface area contributed by atoms with Gasteiger partial charge in [0.1, 0.15) is 6.04 Å². The predicted octanol–water partition coefficient (Wildman–Crippen LogP) is 4.32. The fraction of sp³-hybridized carbons (Fsp3) is 0.600. The molecule has 0 radical (unpaired) electrons. The molecule has 0 heterocycles. The number of carbonyl (C=O) groups excluding carboxylic acids is 2. The highest BCUT2D eigenvalue weighted by atomic mass is 35.5. The quantitative estimate of drug-likeness (QED) is 0.764. The lowest BCUT2D eigenvalue weighted by Gasteiger charge is -2.30. The Hall–Kier alpha value is -1.55. The summed E-state index contributed by atoms with van der Waals surface area (Å²) in [5.41, 5.74) is 1.29. The molecule has 2 rings (SSSR count). The van der Waals surface area contributed by atoms with E-state index < -0.39 is 6.04 Å². The van der Waals surface area contributed by atoms with Gasteiger partial charge < -0.3 is 10.1 Å². The van der Waals surface area contributed by atoms with Crippen molar-refractivity contribution in [3.8, 4) is 0 Å². The predicted molar refractivity (Wildman–Crippen MR) is 99.6 cm³/mol. The van der Waals surface area contributed by atoms with Crippen LogP contribution in [0.15, 0.2) is 24.3 Å². The monoisotopic (exact) mass is 365 g/mol. The van der Waals surface area contributed by atoms with Crippen LogP contribution in [-0.4, -0.2) is 24.5 Å². The van der Waals surface area contributed by atoms with Crippen molar-refractivity contribution in [3.05, 3.63) is 34.9 Å². The molecule has 0 aliphatic heterocycles. The molecule has 0 aromatic heterocycles. The van der Waals surface area contributed by atoms with E-state index in [0.717, 1.165) is 30.7 Å². The van der Waals surface area contributed by atoms with Gasteiger partial charge in [0.2, 0.25) is 5.91 Å². The van der Waals surface area contributed by atoms with Crippen molar-refractivity contribution in [1.82, 2.24) is 5.32 Å². The highest BCUT2D eigenvalue weighted by Gasteiger charge is 2.31. The summed E-state index contributed by atoms with van der Waals surface area (Å²) in [5.74, 6) is 0.0851. The SMILES string of the molecule is CCOC(=O)[C@H](NC(=O)C1CCC(c2ccc(Cl)cc2)CC1)C(C)C. The van der Waals surface area contributed by atoms with Gasteiger partial charge in [-0.1, -0.05) is 37.6 Å². The van der Waals surface area contributed by atoms with Gasteiger partial charge in [-0.25, -0.2) is 4.79 Å². The Bertz CT molecular complexity index is 577. The van der Waals surface area contributed by atoms with Crippen LogP contribution in [0.1, 0.15) is 57.9 Å².